The summed E-state index contributed by atoms with van der Waals surface area (Å²) in [5.41, 5.74) is 3.64. The third-order valence-electron chi connectivity index (χ3n) is 2.31. The number of ether oxygens (including phenoxy) is 1. The molecule has 0 unspecified atom stereocenters. The Morgan fingerprint density at radius 2 is 2.11 bits per heavy atom. The van der Waals surface area contributed by atoms with Crippen molar-refractivity contribution in [1.82, 2.24) is 9.97 Å². The molecule has 2 rings (SSSR count). The second-order valence-electron chi connectivity index (χ2n) is 3.76. The van der Waals surface area contributed by atoms with E-state index in [1.54, 1.807) is 6.07 Å². The van der Waals surface area contributed by atoms with Crippen LogP contribution >= 0.6 is 27.7 Å². The van der Waals surface area contributed by atoms with Crippen molar-refractivity contribution in [2.45, 2.75) is 12.1 Å². The molecule has 0 aliphatic rings. The van der Waals surface area contributed by atoms with Crippen LogP contribution in [0.4, 0.5) is 5.82 Å². The van der Waals surface area contributed by atoms with E-state index in [2.05, 4.69) is 31.3 Å². The molecule has 0 aliphatic carbocycles. The lowest BCUT2D eigenvalue weighted by atomic mass is 10.2. The summed E-state index contributed by atoms with van der Waals surface area (Å²) in [7, 11) is 0. The summed E-state index contributed by atoms with van der Waals surface area (Å²) < 4.78 is 6.62. The van der Waals surface area contributed by atoms with Gasteiger partial charge in [0.2, 0.25) is 5.88 Å². The molecule has 2 aromatic rings. The molecule has 0 atom stereocenters. The first-order valence-electron chi connectivity index (χ1n) is 5.46. The van der Waals surface area contributed by atoms with Crippen molar-refractivity contribution in [3.63, 3.8) is 0 Å². The molecule has 0 radical (unpaired) electrons. The summed E-state index contributed by atoms with van der Waals surface area (Å²) >= 11 is 4.88. The number of hydrogen-bond donors (Lipinski definition) is 2. The lowest BCUT2D eigenvalue weighted by molar-refractivity contribution is 0.453. The fourth-order valence-electron chi connectivity index (χ4n) is 1.42. The van der Waals surface area contributed by atoms with Gasteiger partial charge in [0.1, 0.15) is 11.6 Å². The Balaban J connectivity index is 2.31. The van der Waals surface area contributed by atoms with E-state index < -0.39 is 0 Å². The number of rotatable bonds is 4. The number of halogens is 1. The highest BCUT2D eigenvalue weighted by Crippen LogP contribution is 2.30. The van der Waals surface area contributed by atoms with Crippen LogP contribution in [0, 0.1) is 6.92 Å². The third kappa shape index (κ3) is 3.59. The molecular weight excluding hydrogens is 328 g/mol. The number of nitrogens with two attached hydrogens (primary N) is 1. The smallest absolute Gasteiger partial charge is 0.225 e. The van der Waals surface area contributed by atoms with Gasteiger partial charge in [0.25, 0.3) is 0 Å². The molecule has 1 heterocycles. The zero-order valence-corrected chi connectivity index (χ0v) is 12.9. The molecule has 0 amide bonds. The summed E-state index contributed by atoms with van der Waals surface area (Å²) in [6, 6.07) is 7.48. The lowest BCUT2D eigenvalue weighted by Gasteiger charge is -2.09. The Morgan fingerprint density at radius 3 is 2.74 bits per heavy atom. The zero-order chi connectivity index (χ0) is 13.8. The van der Waals surface area contributed by atoms with Crippen LogP contribution in [0.3, 0.4) is 0 Å². The van der Waals surface area contributed by atoms with Crippen LogP contribution in [0.5, 0.6) is 11.6 Å². The fourth-order valence-corrected chi connectivity index (χ4v) is 2.37. The largest absolute Gasteiger partial charge is 0.438 e. The minimum atomic E-state index is 0.442. The van der Waals surface area contributed by atoms with Gasteiger partial charge < -0.3 is 10.2 Å². The number of benzene rings is 1. The summed E-state index contributed by atoms with van der Waals surface area (Å²) in [6.45, 7) is 2.02. The van der Waals surface area contributed by atoms with E-state index >= 15 is 0 Å². The third-order valence-corrected chi connectivity index (χ3v) is 3.48. The number of hydrogen-bond acceptors (Lipinski definition) is 6. The second kappa shape index (κ2) is 6.23. The van der Waals surface area contributed by atoms with E-state index in [-0.39, 0.29) is 0 Å². The lowest BCUT2D eigenvalue weighted by Crippen LogP contribution is -2.09. The van der Waals surface area contributed by atoms with E-state index in [0.717, 1.165) is 10.0 Å². The monoisotopic (exact) mass is 340 g/mol. The van der Waals surface area contributed by atoms with Crippen molar-refractivity contribution in [2.24, 2.45) is 5.84 Å². The molecule has 5 nitrogen and oxygen atoms in total. The molecule has 3 N–H and O–H groups in total. The van der Waals surface area contributed by atoms with Gasteiger partial charge in [-0.3, -0.25) is 0 Å². The van der Waals surface area contributed by atoms with Crippen LogP contribution in [0.25, 0.3) is 0 Å². The summed E-state index contributed by atoms with van der Waals surface area (Å²) in [5, 5.41) is 0.591. The second-order valence-corrected chi connectivity index (χ2v) is 5.39. The highest BCUT2D eigenvalue weighted by atomic mass is 79.9. The fraction of sp³-hybridized carbons (Fsp3) is 0.167. The number of thioether (sulfide) groups is 1. The van der Waals surface area contributed by atoms with Gasteiger partial charge in [0.05, 0.1) is 4.47 Å². The predicted octanol–water partition coefficient (Wildman–Crippen LogP) is 3.35. The SMILES string of the molecule is CSc1nc(NN)cc(Oc2ccc(C)cc2Br)n1. The average Bonchev–Trinajstić information content (AvgIpc) is 2.41. The zero-order valence-electron chi connectivity index (χ0n) is 10.5. The van der Waals surface area contributed by atoms with Gasteiger partial charge >= 0.3 is 0 Å². The van der Waals surface area contributed by atoms with E-state index in [4.69, 9.17) is 10.6 Å². The van der Waals surface area contributed by atoms with Crippen LogP contribution < -0.4 is 16.0 Å². The van der Waals surface area contributed by atoms with Crippen LogP contribution in [0.2, 0.25) is 0 Å². The van der Waals surface area contributed by atoms with Gasteiger partial charge in [-0.05, 0) is 46.8 Å². The van der Waals surface area contributed by atoms with Crippen molar-refractivity contribution in [1.29, 1.82) is 0 Å². The van der Waals surface area contributed by atoms with Crippen molar-refractivity contribution in [2.75, 3.05) is 11.7 Å². The van der Waals surface area contributed by atoms with Crippen molar-refractivity contribution in [3.05, 3.63) is 34.3 Å². The number of hydrazine groups is 1. The van der Waals surface area contributed by atoms with Gasteiger partial charge in [-0.15, -0.1) is 0 Å². The maximum atomic E-state index is 5.74. The number of anilines is 1. The van der Waals surface area contributed by atoms with Gasteiger partial charge in [-0.1, -0.05) is 17.8 Å². The Kier molecular flexibility index (Phi) is 4.62. The van der Waals surface area contributed by atoms with E-state index in [1.165, 1.54) is 11.8 Å². The summed E-state index contributed by atoms with van der Waals surface area (Å²) in [5.74, 6) is 7.02. The van der Waals surface area contributed by atoms with Gasteiger partial charge in [-0.25, -0.2) is 10.8 Å². The minimum Gasteiger partial charge on any atom is -0.438 e. The number of nitrogens with one attached hydrogen (secondary N) is 1. The normalized spacial score (nSPS) is 10.3. The highest BCUT2D eigenvalue weighted by Gasteiger charge is 2.08. The topological polar surface area (TPSA) is 73.1 Å². The first kappa shape index (κ1) is 14.1. The van der Waals surface area contributed by atoms with E-state index in [0.29, 0.717) is 22.6 Å². The van der Waals surface area contributed by atoms with Crippen molar-refractivity contribution >= 4 is 33.5 Å². The Morgan fingerprint density at radius 1 is 1.32 bits per heavy atom. The molecule has 1 aromatic heterocycles. The standard InChI is InChI=1S/C12H13BrN4OS/c1-7-3-4-9(8(13)5-7)18-11-6-10(17-14)15-12(16-11)19-2/h3-6H,14H2,1-2H3,(H,15,16,17). The Labute approximate surface area is 124 Å². The quantitative estimate of drug-likeness (QED) is 0.385. The molecule has 0 fully saturated rings. The molecule has 0 spiro atoms. The van der Waals surface area contributed by atoms with Gasteiger partial charge in [0, 0.05) is 6.07 Å². The molecule has 7 heteroatoms. The summed E-state index contributed by atoms with van der Waals surface area (Å²) in [4.78, 5) is 8.44. The first-order valence-corrected chi connectivity index (χ1v) is 7.48. The first-order chi connectivity index (χ1) is 9.12. The van der Waals surface area contributed by atoms with Gasteiger partial charge in [0.15, 0.2) is 5.16 Å². The molecular formula is C12H13BrN4OS. The van der Waals surface area contributed by atoms with E-state index in [9.17, 15) is 0 Å². The molecule has 100 valence electrons. The maximum absolute atomic E-state index is 5.74. The van der Waals surface area contributed by atoms with Crippen LogP contribution in [0.15, 0.2) is 33.9 Å². The number of nitrogen functional groups attached to an aromatic ring is 1. The van der Waals surface area contributed by atoms with Crippen molar-refractivity contribution < 1.29 is 4.74 Å². The number of nitrogens with zero attached hydrogens (tertiary/aromatic N) is 2. The molecule has 0 aliphatic heterocycles. The highest BCUT2D eigenvalue weighted by molar-refractivity contribution is 9.10. The van der Waals surface area contributed by atoms with E-state index in [1.807, 2.05) is 31.4 Å². The van der Waals surface area contributed by atoms with Crippen LogP contribution in [-0.4, -0.2) is 16.2 Å². The predicted molar refractivity (Wildman–Crippen MR) is 80.6 cm³/mol. The molecule has 0 bridgehead atoms. The molecule has 19 heavy (non-hydrogen) atoms. The Bertz CT molecular complexity index is 572. The number of aryl methyl sites for hydroxylation is 1. The molecule has 0 saturated heterocycles. The minimum absolute atomic E-state index is 0.442. The number of aromatic nitrogens is 2. The van der Waals surface area contributed by atoms with Crippen LogP contribution in [0.1, 0.15) is 5.56 Å². The van der Waals surface area contributed by atoms with Gasteiger partial charge in [-0.2, -0.15) is 4.98 Å². The van der Waals surface area contributed by atoms with Crippen molar-refractivity contribution in [3.8, 4) is 11.6 Å². The van der Waals surface area contributed by atoms with Crippen LogP contribution in [-0.2, 0) is 0 Å². The summed E-state index contributed by atoms with van der Waals surface area (Å²) in [6.07, 6.45) is 1.89. The Hall–Kier alpha value is -1.31. The maximum Gasteiger partial charge on any atom is 0.225 e. The average molecular weight is 341 g/mol. The molecule has 1 aromatic carbocycles. The molecule has 0 saturated carbocycles.